The Kier molecular flexibility index (Phi) is 3.94. The predicted octanol–water partition coefficient (Wildman–Crippen LogP) is 2.77. The van der Waals surface area contributed by atoms with Gasteiger partial charge in [-0.1, -0.05) is 18.2 Å². The summed E-state index contributed by atoms with van der Waals surface area (Å²) >= 11 is 0. The fourth-order valence-corrected chi connectivity index (χ4v) is 1.98. The number of pyridine rings is 1. The van der Waals surface area contributed by atoms with Crippen LogP contribution in [0, 0.1) is 0 Å². The van der Waals surface area contributed by atoms with Crippen molar-refractivity contribution in [2.75, 3.05) is 11.9 Å². The maximum absolute atomic E-state index is 5.52. The van der Waals surface area contributed by atoms with Crippen molar-refractivity contribution in [3.8, 4) is 0 Å². The number of nitrogens with two attached hydrogens (primary N) is 1. The highest BCUT2D eigenvalue weighted by Crippen LogP contribution is 2.22. The summed E-state index contributed by atoms with van der Waals surface area (Å²) in [7, 11) is 0. The maximum atomic E-state index is 5.52. The summed E-state index contributed by atoms with van der Waals surface area (Å²) in [6.45, 7) is 2.94. The van der Waals surface area contributed by atoms with E-state index in [1.54, 1.807) is 0 Å². The van der Waals surface area contributed by atoms with E-state index in [2.05, 4.69) is 23.3 Å². The van der Waals surface area contributed by atoms with E-state index in [1.807, 2.05) is 30.5 Å². The van der Waals surface area contributed by atoms with Crippen molar-refractivity contribution in [1.82, 2.24) is 4.98 Å². The Morgan fingerprint density at radius 3 is 2.94 bits per heavy atom. The molecule has 1 unspecified atom stereocenters. The number of fused-ring (bicyclic) bond motifs is 1. The number of hydrogen-bond acceptors (Lipinski definition) is 3. The predicted molar refractivity (Wildman–Crippen MR) is 73.1 cm³/mol. The van der Waals surface area contributed by atoms with Gasteiger partial charge in [-0.05, 0) is 38.4 Å². The Labute approximate surface area is 102 Å². The van der Waals surface area contributed by atoms with Crippen molar-refractivity contribution in [2.45, 2.75) is 25.8 Å². The summed E-state index contributed by atoms with van der Waals surface area (Å²) in [6, 6.07) is 10.6. The monoisotopic (exact) mass is 229 g/mol. The molecule has 3 nitrogen and oxygen atoms in total. The average Bonchev–Trinajstić information content (AvgIpc) is 2.37. The van der Waals surface area contributed by atoms with Crippen molar-refractivity contribution in [3.05, 3.63) is 36.5 Å². The molecular weight excluding hydrogens is 210 g/mol. The summed E-state index contributed by atoms with van der Waals surface area (Å²) < 4.78 is 0. The van der Waals surface area contributed by atoms with Crippen molar-refractivity contribution < 1.29 is 0 Å². The van der Waals surface area contributed by atoms with Crippen molar-refractivity contribution >= 4 is 16.6 Å². The van der Waals surface area contributed by atoms with Gasteiger partial charge in [-0.15, -0.1) is 0 Å². The normalized spacial score (nSPS) is 12.6. The van der Waals surface area contributed by atoms with Crippen LogP contribution in [0.25, 0.3) is 10.9 Å². The number of anilines is 1. The largest absolute Gasteiger partial charge is 0.382 e. The summed E-state index contributed by atoms with van der Waals surface area (Å²) in [5.41, 5.74) is 7.71. The second-order valence-electron chi connectivity index (χ2n) is 4.35. The molecule has 0 fully saturated rings. The number of hydrogen-bond donors (Lipinski definition) is 2. The number of benzene rings is 1. The van der Waals surface area contributed by atoms with Gasteiger partial charge in [-0.2, -0.15) is 0 Å². The van der Waals surface area contributed by atoms with Gasteiger partial charge in [0.15, 0.2) is 0 Å². The molecule has 0 aliphatic carbocycles. The molecule has 2 aromatic rings. The van der Waals surface area contributed by atoms with Crippen LogP contribution in [-0.4, -0.2) is 17.6 Å². The minimum absolute atomic E-state index is 0.435. The molecule has 0 amide bonds. The molecule has 0 saturated carbocycles. The van der Waals surface area contributed by atoms with E-state index in [-0.39, 0.29) is 0 Å². The molecule has 1 aromatic heterocycles. The van der Waals surface area contributed by atoms with Crippen molar-refractivity contribution in [3.63, 3.8) is 0 Å². The molecule has 1 atom stereocenters. The zero-order chi connectivity index (χ0) is 12.1. The van der Waals surface area contributed by atoms with Gasteiger partial charge < -0.3 is 11.1 Å². The summed E-state index contributed by atoms with van der Waals surface area (Å²) in [4.78, 5) is 4.35. The molecule has 2 rings (SSSR count). The van der Waals surface area contributed by atoms with Crippen LogP contribution >= 0.6 is 0 Å². The minimum atomic E-state index is 0.435. The summed E-state index contributed by atoms with van der Waals surface area (Å²) in [5.74, 6) is 0. The molecule has 90 valence electrons. The molecular formula is C14H19N3. The lowest BCUT2D eigenvalue weighted by molar-refractivity contribution is 0.663. The first-order valence-corrected chi connectivity index (χ1v) is 6.11. The Hall–Kier alpha value is -1.61. The first-order valence-electron chi connectivity index (χ1n) is 6.11. The number of nitrogens with zero attached hydrogens (tertiary/aromatic N) is 1. The first kappa shape index (κ1) is 11.9. The summed E-state index contributed by atoms with van der Waals surface area (Å²) in [6.07, 6.45) is 3.99. The Bertz CT molecular complexity index is 476. The van der Waals surface area contributed by atoms with Crippen LogP contribution in [0.15, 0.2) is 36.5 Å². The maximum Gasteiger partial charge on any atom is 0.0722 e. The number of rotatable bonds is 5. The third-order valence-electron chi connectivity index (χ3n) is 2.89. The number of aromatic nitrogens is 1. The zero-order valence-corrected chi connectivity index (χ0v) is 10.2. The minimum Gasteiger partial charge on any atom is -0.382 e. The van der Waals surface area contributed by atoms with Gasteiger partial charge in [-0.25, -0.2) is 0 Å². The second-order valence-corrected chi connectivity index (χ2v) is 4.35. The molecule has 1 heterocycles. The van der Waals surface area contributed by atoms with Gasteiger partial charge in [0.25, 0.3) is 0 Å². The lowest BCUT2D eigenvalue weighted by Crippen LogP contribution is -2.16. The molecule has 0 radical (unpaired) electrons. The fourth-order valence-electron chi connectivity index (χ4n) is 1.98. The van der Waals surface area contributed by atoms with Gasteiger partial charge in [0.05, 0.1) is 5.52 Å². The Balaban J connectivity index is 2.18. The van der Waals surface area contributed by atoms with E-state index in [0.717, 1.165) is 30.6 Å². The Morgan fingerprint density at radius 2 is 2.12 bits per heavy atom. The van der Waals surface area contributed by atoms with Gasteiger partial charge in [-0.3, -0.25) is 4.98 Å². The standard InChI is InChI=1S/C14H19N3/c1-11(5-4-9-15)17-14-8-10-16-13-7-3-2-6-12(13)14/h2-3,6-8,10-11H,4-5,9,15H2,1H3,(H,16,17). The fraction of sp³-hybridized carbons (Fsp3) is 0.357. The third kappa shape index (κ3) is 2.94. The lowest BCUT2D eigenvalue weighted by Gasteiger charge is -2.16. The van der Waals surface area contributed by atoms with E-state index >= 15 is 0 Å². The van der Waals surface area contributed by atoms with E-state index < -0.39 is 0 Å². The van der Waals surface area contributed by atoms with Crippen molar-refractivity contribution in [1.29, 1.82) is 0 Å². The van der Waals surface area contributed by atoms with E-state index in [4.69, 9.17) is 5.73 Å². The van der Waals surface area contributed by atoms with Crippen LogP contribution in [0.5, 0.6) is 0 Å². The van der Waals surface area contributed by atoms with Crippen LogP contribution in [0.3, 0.4) is 0 Å². The van der Waals surface area contributed by atoms with Gasteiger partial charge in [0.2, 0.25) is 0 Å². The quantitative estimate of drug-likeness (QED) is 0.829. The molecule has 0 spiro atoms. The second kappa shape index (κ2) is 5.64. The smallest absolute Gasteiger partial charge is 0.0722 e. The van der Waals surface area contributed by atoms with E-state index in [0.29, 0.717) is 6.04 Å². The topological polar surface area (TPSA) is 50.9 Å². The van der Waals surface area contributed by atoms with E-state index in [9.17, 15) is 0 Å². The van der Waals surface area contributed by atoms with Crippen LogP contribution in [-0.2, 0) is 0 Å². The molecule has 3 heteroatoms. The SMILES string of the molecule is CC(CCCN)Nc1ccnc2ccccc12. The lowest BCUT2D eigenvalue weighted by atomic mass is 10.1. The number of para-hydroxylation sites is 1. The molecule has 0 aliphatic heterocycles. The molecule has 3 N–H and O–H groups in total. The molecule has 17 heavy (non-hydrogen) atoms. The van der Waals surface area contributed by atoms with Gasteiger partial charge in [0.1, 0.15) is 0 Å². The average molecular weight is 229 g/mol. The van der Waals surface area contributed by atoms with Crippen LogP contribution in [0.1, 0.15) is 19.8 Å². The molecule has 0 aliphatic rings. The highest BCUT2D eigenvalue weighted by atomic mass is 14.9. The van der Waals surface area contributed by atoms with Crippen LogP contribution in [0.4, 0.5) is 5.69 Å². The van der Waals surface area contributed by atoms with Gasteiger partial charge >= 0.3 is 0 Å². The van der Waals surface area contributed by atoms with E-state index in [1.165, 1.54) is 5.39 Å². The summed E-state index contributed by atoms with van der Waals surface area (Å²) in [5, 5.41) is 4.70. The highest BCUT2D eigenvalue weighted by Gasteiger charge is 2.04. The Morgan fingerprint density at radius 1 is 1.29 bits per heavy atom. The van der Waals surface area contributed by atoms with Crippen molar-refractivity contribution in [2.24, 2.45) is 5.73 Å². The third-order valence-corrected chi connectivity index (χ3v) is 2.89. The zero-order valence-electron chi connectivity index (χ0n) is 10.2. The first-order chi connectivity index (χ1) is 8.31. The van der Waals surface area contributed by atoms with Crippen LogP contribution in [0.2, 0.25) is 0 Å². The highest BCUT2D eigenvalue weighted by molar-refractivity contribution is 5.90. The number of nitrogens with one attached hydrogen (secondary N) is 1. The van der Waals surface area contributed by atoms with Crippen LogP contribution < -0.4 is 11.1 Å². The van der Waals surface area contributed by atoms with Gasteiger partial charge in [0, 0.05) is 23.3 Å². The molecule has 0 saturated heterocycles. The molecule has 1 aromatic carbocycles. The molecule has 0 bridgehead atoms.